The van der Waals surface area contributed by atoms with Gasteiger partial charge in [-0.3, -0.25) is 4.79 Å². The number of rotatable bonds is 9. The quantitative estimate of drug-likeness (QED) is 0.342. The molecule has 190 valence electrons. The Morgan fingerprint density at radius 3 is 2.36 bits per heavy atom. The molecular weight excluding hydrogens is 478 g/mol. The first-order valence-corrected chi connectivity index (χ1v) is 12.1. The van der Waals surface area contributed by atoms with Gasteiger partial charge in [0, 0.05) is 18.0 Å². The van der Waals surface area contributed by atoms with Crippen LogP contribution in [0.1, 0.15) is 62.9 Å². The molecule has 1 aromatic heterocycles. The zero-order valence-electron chi connectivity index (χ0n) is 20.9. The van der Waals surface area contributed by atoms with E-state index in [1.165, 1.54) is 6.20 Å². The lowest BCUT2D eigenvalue weighted by Gasteiger charge is -2.22. The Morgan fingerprint density at radius 1 is 1.08 bits per heavy atom. The molecule has 0 aliphatic carbocycles. The minimum Gasteiger partial charge on any atom is -0.444 e. The van der Waals surface area contributed by atoms with Crippen molar-refractivity contribution in [3.05, 3.63) is 82.6 Å². The molecule has 0 aliphatic rings. The van der Waals surface area contributed by atoms with Gasteiger partial charge in [-0.25, -0.2) is 14.8 Å². The van der Waals surface area contributed by atoms with Crippen LogP contribution in [-0.4, -0.2) is 27.6 Å². The fourth-order valence-electron chi connectivity index (χ4n) is 3.69. The van der Waals surface area contributed by atoms with Crippen molar-refractivity contribution in [3.63, 3.8) is 0 Å². The highest BCUT2D eigenvalue weighted by molar-refractivity contribution is 6.31. The van der Waals surface area contributed by atoms with Crippen LogP contribution in [0.15, 0.2) is 60.8 Å². The second kappa shape index (κ2) is 11.9. The molecule has 0 bridgehead atoms. The van der Waals surface area contributed by atoms with Crippen LogP contribution < -0.4 is 16.4 Å². The van der Waals surface area contributed by atoms with Crippen LogP contribution >= 0.6 is 11.6 Å². The normalized spacial score (nSPS) is 12.9. The van der Waals surface area contributed by atoms with Crippen LogP contribution in [0.5, 0.6) is 0 Å². The van der Waals surface area contributed by atoms with E-state index in [2.05, 4.69) is 20.6 Å². The summed E-state index contributed by atoms with van der Waals surface area (Å²) >= 11 is 6.43. The summed E-state index contributed by atoms with van der Waals surface area (Å²) in [5, 5.41) is 6.37. The van der Waals surface area contributed by atoms with Crippen molar-refractivity contribution in [3.8, 4) is 0 Å². The number of nitrogens with zero attached hydrogens (tertiary/aromatic N) is 2. The Balaban J connectivity index is 1.73. The van der Waals surface area contributed by atoms with E-state index in [9.17, 15) is 9.59 Å². The maximum atomic E-state index is 12.0. The number of hydrogen-bond acceptors (Lipinski definition) is 6. The number of carbonyl (C=O) groups is 2. The van der Waals surface area contributed by atoms with Gasteiger partial charge in [-0.2, -0.15) is 0 Å². The number of amides is 2. The molecule has 2 unspecified atom stereocenters. The van der Waals surface area contributed by atoms with Gasteiger partial charge in [0.25, 0.3) is 0 Å². The second-order valence-electron chi connectivity index (χ2n) is 9.60. The van der Waals surface area contributed by atoms with Crippen molar-refractivity contribution in [1.82, 2.24) is 15.3 Å². The molecule has 4 N–H and O–H groups in total. The van der Waals surface area contributed by atoms with Gasteiger partial charge in [-0.15, -0.1) is 0 Å². The van der Waals surface area contributed by atoms with Crippen LogP contribution in [0.4, 0.5) is 16.4 Å². The molecule has 9 heteroatoms. The van der Waals surface area contributed by atoms with E-state index in [0.29, 0.717) is 23.1 Å². The molecule has 0 spiro atoms. The highest BCUT2D eigenvalue weighted by atomic mass is 35.5. The fourth-order valence-corrected chi connectivity index (χ4v) is 3.93. The Labute approximate surface area is 216 Å². The molecular formula is C27H32ClN5O3. The monoisotopic (exact) mass is 509 g/mol. The number of hydrogen-bond donors (Lipinski definition) is 3. The average molecular weight is 510 g/mol. The predicted molar refractivity (Wildman–Crippen MR) is 141 cm³/mol. The van der Waals surface area contributed by atoms with Crippen molar-refractivity contribution in [2.45, 2.75) is 58.1 Å². The lowest BCUT2D eigenvalue weighted by atomic mass is 9.92. The molecule has 2 amide bonds. The smallest absolute Gasteiger partial charge is 0.408 e. The molecule has 8 nitrogen and oxygen atoms in total. The van der Waals surface area contributed by atoms with Crippen molar-refractivity contribution in [2.24, 2.45) is 5.73 Å². The van der Waals surface area contributed by atoms with Gasteiger partial charge in [-0.1, -0.05) is 54.1 Å². The minimum atomic E-state index is -0.563. The molecule has 2 aromatic carbocycles. The van der Waals surface area contributed by atoms with Crippen LogP contribution in [0.2, 0.25) is 5.02 Å². The largest absolute Gasteiger partial charge is 0.444 e. The third-order valence-electron chi connectivity index (χ3n) is 5.33. The van der Waals surface area contributed by atoms with Gasteiger partial charge in [-0.05, 0) is 57.4 Å². The molecule has 3 aromatic rings. The van der Waals surface area contributed by atoms with Gasteiger partial charge < -0.3 is 21.1 Å². The molecule has 0 fully saturated rings. The number of anilines is 2. The van der Waals surface area contributed by atoms with Crippen LogP contribution in [0.25, 0.3) is 0 Å². The summed E-state index contributed by atoms with van der Waals surface area (Å²) in [6, 6.07) is 17.1. The summed E-state index contributed by atoms with van der Waals surface area (Å²) in [6.07, 6.45) is 1.73. The van der Waals surface area contributed by atoms with Crippen molar-refractivity contribution in [1.29, 1.82) is 0 Å². The van der Waals surface area contributed by atoms with E-state index < -0.39 is 17.6 Å². The maximum Gasteiger partial charge on any atom is 0.408 e. The first-order valence-electron chi connectivity index (χ1n) is 11.7. The number of carbonyl (C=O) groups excluding carboxylic acids is 2. The van der Waals surface area contributed by atoms with Gasteiger partial charge >= 0.3 is 6.09 Å². The average Bonchev–Trinajstić information content (AvgIpc) is 2.79. The zero-order valence-corrected chi connectivity index (χ0v) is 21.7. The van der Waals surface area contributed by atoms with Gasteiger partial charge in [0.05, 0.1) is 23.0 Å². The summed E-state index contributed by atoms with van der Waals surface area (Å²) < 4.78 is 5.32. The highest BCUT2D eigenvalue weighted by Gasteiger charge is 2.21. The number of nitrogens with two attached hydrogens (primary N) is 1. The predicted octanol–water partition coefficient (Wildman–Crippen LogP) is 5.66. The van der Waals surface area contributed by atoms with Gasteiger partial charge in [0.2, 0.25) is 11.9 Å². The third-order valence-corrected chi connectivity index (χ3v) is 5.62. The Morgan fingerprint density at radius 2 is 1.75 bits per heavy atom. The first kappa shape index (κ1) is 26.9. The summed E-state index contributed by atoms with van der Waals surface area (Å²) in [5.74, 6) is -0.363. The maximum absolute atomic E-state index is 12.0. The zero-order chi connectivity index (χ0) is 26.3. The summed E-state index contributed by atoms with van der Waals surface area (Å²) in [6.45, 7) is 7.34. The first-order chi connectivity index (χ1) is 17.0. The van der Waals surface area contributed by atoms with E-state index in [1.807, 2.05) is 82.3 Å². The van der Waals surface area contributed by atoms with E-state index in [-0.39, 0.29) is 18.4 Å². The van der Waals surface area contributed by atoms with Crippen LogP contribution in [0.3, 0.4) is 0 Å². The summed E-state index contributed by atoms with van der Waals surface area (Å²) in [5.41, 5.74) is 8.24. The van der Waals surface area contributed by atoms with Gasteiger partial charge in [0.1, 0.15) is 5.60 Å². The van der Waals surface area contributed by atoms with Crippen molar-refractivity contribution in [2.75, 3.05) is 5.32 Å². The Hall–Kier alpha value is -3.65. The van der Waals surface area contributed by atoms with E-state index in [1.54, 1.807) is 0 Å². The number of ether oxygens (including phenoxy) is 1. The Kier molecular flexibility index (Phi) is 8.88. The fraction of sp³-hybridized carbons (Fsp3) is 0.333. The van der Waals surface area contributed by atoms with Crippen molar-refractivity contribution >= 4 is 35.2 Å². The lowest BCUT2D eigenvalue weighted by molar-refractivity contribution is -0.118. The van der Waals surface area contributed by atoms with Crippen LogP contribution in [-0.2, 0) is 16.0 Å². The topological polar surface area (TPSA) is 119 Å². The summed E-state index contributed by atoms with van der Waals surface area (Å²) in [7, 11) is 0. The second-order valence-corrected chi connectivity index (χ2v) is 10.0. The number of primary amides is 1. The number of nitrogens with one attached hydrogen (secondary N) is 2. The molecule has 2 atom stereocenters. The third kappa shape index (κ3) is 8.23. The molecule has 0 saturated carbocycles. The standard InChI is InChI=1S/C27H32ClN5O3/c1-17(31-26(35)36-27(2,3)4)19-10-12-21(13-11-19)32-25-30-16-22(28)24(33-25)20(15-23(29)34)14-18-8-6-5-7-9-18/h5-13,16-17,20H,14-15H2,1-4H3,(H2,29,34)(H,31,35)(H,30,32,33). The number of aromatic nitrogens is 2. The minimum absolute atomic E-state index is 0.113. The molecule has 0 radical (unpaired) electrons. The molecule has 36 heavy (non-hydrogen) atoms. The Bertz CT molecular complexity index is 1180. The molecule has 1 heterocycles. The molecule has 0 aliphatic heterocycles. The van der Waals surface area contributed by atoms with Gasteiger partial charge in [0.15, 0.2) is 0 Å². The SMILES string of the molecule is CC(NC(=O)OC(C)(C)C)c1ccc(Nc2ncc(Cl)c(C(CC(N)=O)Cc3ccccc3)n2)cc1. The lowest BCUT2D eigenvalue weighted by Crippen LogP contribution is -2.34. The van der Waals surface area contributed by atoms with E-state index in [4.69, 9.17) is 22.1 Å². The number of halogens is 1. The van der Waals surface area contributed by atoms with E-state index in [0.717, 1.165) is 16.8 Å². The van der Waals surface area contributed by atoms with E-state index >= 15 is 0 Å². The van der Waals surface area contributed by atoms with Crippen LogP contribution in [0, 0.1) is 0 Å². The summed E-state index contributed by atoms with van der Waals surface area (Å²) in [4.78, 5) is 32.7. The van der Waals surface area contributed by atoms with Crippen molar-refractivity contribution < 1.29 is 14.3 Å². The highest BCUT2D eigenvalue weighted by Crippen LogP contribution is 2.30. The number of alkyl carbamates (subject to hydrolysis) is 1. The molecule has 3 rings (SSSR count). The molecule has 0 saturated heterocycles. The number of benzene rings is 2.